The Labute approximate surface area is 142 Å². The zero-order valence-electron chi connectivity index (χ0n) is 11.7. The van der Waals surface area contributed by atoms with Crippen molar-refractivity contribution >= 4 is 41.7 Å². The number of nitrogens with two attached hydrogens (primary N) is 1. The molecule has 1 fully saturated rings. The van der Waals surface area contributed by atoms with Gasteiger partial charge in [0.1, 0.15) is 0 Å². The van der Waals surface area contributed by atoms with Crippen molar-refractivity contribution in [3.05, 3.63) is 35.4 Å². The van der Waals surface area contributed by atoms with Crippen molar-refractivity contribution in [2.75, 3.05) is 31.7 Å². The van der Waals surface area contributed by atoms with Gasteiger partial charge in [-0.15, -0.1) is 24.0 Å². The van der Waals surface area contributed by atoms with Crippen LogP contribution in [0.5, 0.6) is 0 Å². The summed E-state index contributed by atoms with van der Waals surface area (Å²) in [5.41, 5.74) is 8.37. The van der Waals surface area contributed by atoms with E-state index in [0.717, 1.165) is 24.6 Å². The van der Waals surface area contributed by atoms with Gasteiger partial charge in [-0.3, -0.25) is 0 Å². The molecule has 2 N–H and O–H groups in total. The van der Waals surface area contributed by atoms with Crippen molar-refractivity contribution in [3.8, 4) is 0 Å². The number of aliphatic imine (C=N–C) groups is 1. The fraction of sp³-hybridized carbons (Fsp3) is 0.500. The minimum Gasteiger partial charge on any atom is -0.380 e. The summed E-state index contributed by atoms with van der Waals surface area (Å²) in [6.07, 6.45) is 0. The Morgan fingerprint density at radius 1 is 1.25 bits per heavy atom. The van der Waals surface area contributed by atoms with Crippen LogP contribution in [0.25, 0.3) is 0 Å². The average molecular weight is 407 g/mol. The van der Waals surface area contributed by atoms with Gasteiger partial charge in [0, 0.05) is 31.7 Å². The van der Waals surface area contributed by atoms with Crippen LogP contribution in [-0.2, 0) is 17.9 Å². The Morgan fingerprint density at radius 2 is 1.85 bits per heavy atom. The second-order valence-corrected chi connectivity index (χ2v) is 5.75. The van der Waals surface area contributed by atoms with E-state index < -0.39 is 0 Å². The van der Waals surface area contributed by atoms with E-state index in [4.69, 9.17) is 10.5 Å². The molecule has 0 amide bonds. The summed E-state index contributed by atoms with van der Waals surface area (Å²) in [6, 6.07) is 8.30. The number of halogens is 1. The topological polar surface area (TPSA) is 50.9 Å². The number of nitrogens with zero attached hydrogens (tertiary/aromatic N) is 2. The van der Waals surface area contributed by atoms with Gasteiger partial charge in [0.15, 0.2) is 5.96 Å². The van der Waals surface area contributed by atoms with E-state index in [1.54, 1.807) is 7.11 Å². The smallest absolute Gasteiger partial charge is 0.191 e. The molecule has 1 aromatic rings. The lowest BCUT2D eigenvalue weighted by Gasteiger charge is -2.27. The quantitative estimate of drug-likeness (QED) is 0.473. The number of rotatable bonds is 4. The molecule has 1 aromatic carbocycles. The highest BCUT2D eigenvalue weighted by Crippen LogP contribution is 2.10. The normalized spacial score (nSPS) is 15.8. The molecule has 4 nitrogen and oxygen atoms in total. The van der Waals surface area contributed by atoms with Crippen LogP contribution in [-0.4, -0.2) is 42.6 Å². The second-order valence-electron chi connectivity index (χ2n) is 4.52. The first-order valence-electron chi connectivity index (χ1n) is 6.49. The first-order valence-corrected chi connectivity index (χ1v) is 7.64. The third-order valence-electron chi connectivity index (χ3n) is 3.09. The highest BCUT2D eigenvalue weighted by atomic mass is 127. The number of thioether (sulfide) groups is 1. The summed E-state index contributed by atoms with van der Waals surface area (Å²) in [6.45, 7) is 3.30. The Morgan fingerprint density at radius 3 is 2.45 bits per heavy atom. The molecule has 0 atom stereocenters. The van der Waals surface area contributed by atoms with Crippen molar-refractivity contribution in [3.63, 3.8) is 0 Å². The van der Waals surface area contributed by atoms with E-state index in [1.807, 2.05) is 11.8 Å². The van der Waals surface area contributed by atoms with Crippen LogP contribution in [0.4, 0.5) is 0 Å². The number of ether oxygens (including phenoxy) is 1. The van der Waals surface area contributed by atoms with Gasteiger partial charge in [-0.2, -0.15) is 11.8 Å². The molecule has 1 heterocycles. The summed E-state index contributed by atoms with van der Waals surface area (Å²) in [5, 5.41) is 0. The highest BCUT2D eigenvalue weighted by Gasteiger charge is 2.11. The minimum atomic E-state index is 0. The Bertz CT molecular complexity index is 419. The van der Waals surface area contributed by atoms with Gasteiger partial charge in [-0.1, -0.05) is 24.3 Å². The third-order valence-corrected chi connectivity index (χ3v) is 4.04. The monoisotopic (exact) mass is 407 g/mol. The number of hydrogen-bond donors (Lipinski definition) is 1. The van der Waals surface area contributed by atoms with Gasteiger partial charge >= 0.3 is 0 Å². The van der Waals surface area contributed by atoms with Crippen LogP contribution in [0.2, 0.25) is 0 Å². The van der Waals surface area contributed by atoms with Crippen molar-refractivity contribution in [2.45, 2.75) is 13.2 Å². The number of guanidine groups is 1. The van der Waals surface area contributed by atoms with Crippen molar-refractivity contribution in [1.82, 2.24) is 4.90 Å². The van der Waals surface area contributed by atoms with Crippen LogP contribution < -0.4 is 5.73 Å². The largest absolute Gasteiger partial charge is 0.380 e. The lowest BCUT2D eigenvalue weighted by atomic mass is 10.1. The molecule has 0 saturated carbocycles. The zero-order chi connectivity index (χ0) is 13.5. The second kappa shape index (κ2) is 9.46. The van der Waals surface area contributed by atoms with E-state index in [1.165, 1.54) is 11.1 Å². The number of methoxy groups -OCH3 is 1. The SMILES string of the molecule is COCc1ccc(CN=C(N)N2CCSCC2)cc1.I. The first kappa shape index (κ1) is 17.6. The predicted molar refractivity (Wildman–Crippen MR) is 96.8 cm³/mol. The van der Waals surface area contributed by atoms with E-state index in [2.05, 4.69) is 34.2 Å². The average Bonchev–Trinajstić information content (AvgIpc) is 2.47. The van der Waals surface area contributed by atoms with Crippen LogP contribution in [0.1, 0.15) is 11.1 Å². The van der Waals surface area contributed by atoms with Crippen molar-refractivity contribution < 1.29 is 4.74 Å². The molecular weight excluding hydrogens is 385 g/mol. The molecule has 0 unspecified atom stereocenters. The molecule has 0 aromatic heterocycles. The van der Waals surface area contributed by atoms with Crippen LogP contribution >= 0.6 is 35.7 Å². The maximum Gasteiger partial charge on any atom is 0.191 e. The maximum absolute atomic E-state index is 6.02. The third kappa shape index (κ3) is 5.49. The molecule has 0 radical (unpaired) electrons. The highest BCUT2D eigenvalue weighted by molar-refractivity contribution is 14.0. The first-order chi connectivity index (χ1) is 9.29. The Balaban J connectivity index is 0.00000200. The minimum absolute atomic E-state index is 0. The fourth-order valence-corrected chi connectivity index (χ4v) is 2.88. The lowest BCUT2D eigenvalue weighted by Crippen LogP contribution is -2.42. The maximum atomic E-state index is 6.02. The summed E-state index contributed by atoms with van der Waals surface area (Å²) >= 11 is 1.97. The number of hydrogen-bond acceptors (Lipinski definition) is 3. The van der Waals surface area contributed by atoms with Gasteiger partial charge in [-0.05, 0) is 11.1 Å². The summed E-state index contributed by atoms with van der Waals surface area (Å²) in [5.74, 6) is 2.95. The van der Waals surface area contributed by atoms with Gasteiger partial charge in [0.2, 0.25) is 0 Å². The molecule has 0 aliphatic carbocycles. The Hall–Kier alpha value is -0.470. The van der Waals surface area contributed by atoms with Gasteiger partial charge < -0.3 is 15.4 Å². The van der Waals surface area contributed by atoms with E-state index >= 15 is 0 Å². The predicted octanol–water partition coefficient (Wildman–Crippen LogP) is 2.31. The van der Waals surface area contributed by atoms with Crippen LogP contribution in [0.15, 0.2) is 29.3 Å². The van der Waals surface area contributed by atoms with E-state index in [0.29, 0.717) is 19.1 Å². The molecule has 0 spiro atoms. The van der Waals surface area contributed by atoms with Gasteiger partial charge in [0.05, 0.1) is 13.2 Å². The van der Waals surface area contributed by atoms with Gasteiger partial charge in [-0.25, -0.2) is 4.99 Å². The Kier molecular flexibility index (Phi) is 8.32. The molecule has 6 heteroatoms. The molecular formula is C14H22IN3OS. The van der Waals surface area contributed by atoms with E-state index in [9.17, 15) is 0 Å². The number of benzene rings is 1. The molecule has 1 aliphatic heterocycles. The van der Waals surface area contributed by atoms with Gasteiger partial charge in [0.25, 0.3) is 0 Å². The molecule has 20 heavy (non-hydrogen) atoms. The summed E-state index contributed by atoms with van der Waals surface area (Å²) < 4.78 is 5.09. The summed E-state index contributed by atoms with van der Waals surface area (Å²) in [4.78, 5) is 6.64. The van der Waals surface area contributed by atoms with Crippen LogP contribution in [0.3, 0.4) is 0 Å². The molecule has 1 saturated heterocycles. The van der Waals surface area contributed by atoms with E-state index in [-0.39, 0.29) is 24.0 Å². The zero-order valence-corrected chi connectivity index (χ0v) is 14.9. The van der Waals surface area contributed by atoms with Crippen LogP contribution in [0, 0.1) is 0 Å². The standard InChI is InChI=1S/C14H21N3OS.HI/c1-18-11-13-4-2-12(3-5-13)10-16-14(15)17-6-8-19-9-7-17;/h2-5H,6-11H2,1H3,(H2,15,16);1H. The molecule has 2 rings (SSSR count). The lowest BCUT2D eigenvalue weighted by molar-refractivity contribution is 0.185. The summed E-state index contributed by atoms with van der Waals surface area (Å²) in [7, 11) is 1.70. The molecule has 1 aliphatic rings. The molecule has 112 valence electrons. The van der Waals surface area contributed by atoms with Crippen molar-refractivity contribution in [2.24, 2.45) is 10.7 Å². The fourth-order valence-electron chi connectivity index (χ4n) is 1.97. The molecule has 0 bridgehead atoms. The van der Waals surface area contributed by atoms with Crippen molar-refractivity contribution in [1.29, 1.82) is 0 Å².